The molecule has 0 fully saturated rings. The summed E-state index contributed by atoms with van der Waals surface area (Å²) in [5, 5.41) is 18.3. The molecule has 0 aromatic heterocycles. The Bertz CT molecular complexity index is 996. The number of rotatable bonds is 5. The van der Waals surface area contributed by atoms with E-state index < -0.39 is 32.0 Å². The number of aryl methyl sites for hydroxylation is 3. The van der Waals surface area contributed by atoms with Crippen LogP contribution in [0.5, 0.6) is 0 Å². The van der Waals surface area contributed by atoms with E-state index in [0.717, 1.165) is 11.1 Å². The van der Waals surface area contributed by atoms with Crippen molar-refractivity contribution in [2.45, 2.75) is 33.3 Å². The van der Waals surface area contributed by atoms with Crippen LogP contribution in [0.1, 0.15) is 28.7 Å². The minimum atomic E-state index is -4.06. The molecule has 2 aromatic carbocycles. The Labute approximate surface area is 163 Å². The number of aliphatic hydroxyl groups is 1. The van der Waals surface area contributed by atoms with Gasteiger partial charge < -0.3 is 15.1 Å². The third-order valence-corrected chi connectivity index (χ3v) is 5.62. The lowest BCUT2D eigenvalue weighted by Gasteiger charge is -2.12. The summed E-state index contributed by atoms with van der Waals surface area (Å²) in [6.07, 6.45) is -2.71. The number of hydrogen-bond donors (Lipinski definition) is 3. The van der Waals surface area contributed by atoms with Crippen molar-refractivity contribution in [1.82, 2.24) is 0 Å². The van der Waals surface area contributed by atoms with E-state index in [0.29, 0.717) is 22.3 Å². The van der Waals surface area contributed by atoms with Crippen molar-refractivity contribution >= 4 is 13.3 Å². The third kappa shape index (κ3) is 5.53. The topological polar surface area (TPSA) is 94.8 Å². The predicted molar refractivity (Wildman–Crippen MR) is 106 cm³/mol. The summed E-state index contributed by atoms with van der Waals surface area (Å²) in [6, 6.07) is 8.80. The second-order valence-corrected chi connectivity index (χ2v) is 8.79. The number of aliphatic carboxylic acids is 1. The van der Waals surface area contributed by atoms with Crippen LogP contribution in [0, 0.1) is 38.2 Å². The first-order valence-electron chi connectivity index (χ1n) is 8.62. The molecule has 0 bridgehead atoms. The van der Waals surface area contributed by atoms with Crippen LogP contribution in [-0.4, -0.2) is 33.3 Å². The van der Waals surface area contributed by atoms with Gasteiger partial charge in [-0.3, -0.25) is 9.36 Å². The lowest BCUT2D eigenvalue weighted by molar-refractivity contribution is -0.138. The summed E-state index contributed by atoms with van der Waals surface area (Å²) >= 11 is 0. The molecule has 2 rings (SSSR count). The SMILES string of the molecule is Cc1cc(-c2cccc(C)c2C#CP(=O)(O)C[C@@H](O)CC(=O)O)cc(C)c1F. The molecule has 5 nitrogen and oxygen atoms in total. The minimum absolute atomic E-state index is 0.281. The van der Waals surface area contributed by atoms with Crippen molar-refractivity contribution in [2.24, 2.45) is 0 Å². The van der Waals surface area contributed by atoms with Crippen LogP contribution in [0.2, 0.25) is 0 Å². The highest BCUT2D eigenvalue weighted by Crippen LogP contribution is 2.40. The Hall–Kier alpha value is -2.45. The monoisotopic (exact) mass is 404 g/mol. The standard InChI is InChI=1S/C21H22FO5P/c1-13-5-4-6-19(16-9-14(2)21(22)15(3)10-16)18(13)7-8-28(26,27)12-17(23)11-20(24)25/h4-6,9-10,17,23H,11-12H2,1-3H3,(H,24,25)(H,26,27)/t17-/m0/s1. The van der Waals surface area contributed by atoms with Crippen LogP contribution < -0.4 is 0 Å². The average molecular weight is 404 g/mol. The highest BCUT2D eigenvalue weighted by Gasteiger charge is 2.22. The van der Waals surface area contributed by atoms with Gasteiger partial charge in [0, 0.05) is 5.56 Å². The van der Waals surface area contributed by atoms with Gasteiger partial charge in [0.15, 0.2) is 0 Å². The van der Waals surface area contributed by atoms with Crippen LogP contribution in [0.3, 0.4) is 0 Å². The quantitative estimate of drug-likeness (QED) is 0.520. The number of carboxylic acids is 1. The summed E-state index contributed by atoms with van der Waals surface area (Å²) in [6.45, 7) is 5.13. The molecular weight excluding hydrogens is 382 g/mol. The van der Waals surface area contributed by atoms with E-state index in [2.05, 4.69) is 11.6 Å². The molecule has 2 atom stereocenters. The van der Waals surface area contributed by atoms with E-state index >= 15 is 0 Å². The van der Waals surface area contributed by atoms with Gasteiger partial charge in [-0.1, -0.05) is 24.1 Å². The number of carboxylic acid groups (broad SMARTS) is 1. The number of carbonyl (C=O) groups is 1. The van der Waals surface area contributed by atoms with Crippen molar-refractivity contribution in [3.63, 3.8) is 0 Å². The Morgan fingerprint density at radius 2 is 1.79 bits per heavy atom. The predicted octanol–water partition coefficient (Wildman–Crippen LogP) is 3.83. The molecule has 0 saturated heterocycles. The van der Waals surface area contributed by atoms with Gasteiger partial charge in [0.2, 0.25) is 0 Å². The molecule has 148 valence electrons. The van der Waals surface area contributed by atoms with Gasteiger partial charge in [-0.05, 0) is 66.4 Å². The van der Waals surface area contributed by atoms with Gasteiger partial charge in [-0.2, -0.15) is 0 Å². The van der Waals surface area contributed by atoms with Gasteiger partial charge >= 0.3 is 5.97 Å². The summed E-state index contributed by atoms with van der Waals surface area (Å²) in [7, 11) is -4.06. The number of benzene rings is 2. The second kappa shape index (κ2) is 8.70. The van der Waals surface area contributed by atoms with Gasteiger partial charge in [-0.25, -0.2) is 4.39 Å². The van der Waals surface area contributed by atoms with Crippen LogP contribution in [0.15, 0.2) is 30.3 Å². The van der Waals surface area contributed by atoms with E-state index in [1.807, 2.05) is 6.07 Å². The van der Waals surface area contributed by atoms with E-state index in [-0.39, 0.29) is 5.82 Å². The number of aliphatic hydroxyl groups excluding tert-OH is 1. The highest BCUT2D eigenvalue weighted by atomic mass is 31.2. The molecule has 0 heterocycles. The Morgan fingerprint density at radius 1 is 1.18 bits per heavy atom. The second-order valence-electron chi connectivity index (χ2n) is 6.79. The van der Waals surface area contributed by atoms with Crippen molar-refractivity contribution < 1.29 is 28.9 Å². The van der Waals surface area contributed by atoms with E-state index in [1.165, 1.54) is 0 Å². The first kappa shape index (κ1) is 21.8. The zero-order valence-corrected chi connectivity index (χ0v) is 16.8. The smallest absolute Gasteiger partial charge is 0.305 e. The van der Waals surface area contributed by atoms with Crippen molar-refractivity contribution in [1.29, 1.82) is 0 Å². The number of hydrogen-bond acceptors (Lipinski definition) is 3. The average Bonchev–Trinajstić information content (AvgIpc) is 2.56. The summed E-state index contributed by atoms with van der Waals surface area (Å²) in [5.41, 5.74) is 6.01. The molecule has 2 aromatic rings. The largest absolute Gasteiger partial charge is 0.481 e. The molecule has 0 radical (unpaired) electrons. The maximum atomic E-state index is 14.0. The lowest BCUT2D eigenvalue weighted by atomic mass is 9.94. The molecule has 0 aliphatic rings. The van der Waals surface area contributed by atoms with Crippen LogP contribution in [0.4, 0.5) is 4.39 Å². The molecule has 0 aliphatic carbocycles. The fourth-order valence-corrected chi connectivity index (χ4v) is 3.99. The zero-order chi connectivity index (χ0) is 21.1. The Kier molecular flexibility index (Phi) is 6.79. The maximum Gasteiger partial charge on any atom is 0.305 e. The molecule has 1 unspecified atom stereocenters. The van der Waals surface area contributed by atoms with Crippen molar-refractivity contribution in [3.05, 3.63) is 58.4 Å². The molecule has 0 saturated carbocycles. The highest BCUT2D eigenvalue weighted by molar-refractivity contribution is 7.63. The zero-order valence-electron chi connectivity index (χ0n) is 15.9. The van der Waals surface area contributed by atoms with E-state index in [1.54, 1.807) is 45.0 Å². The van der Waals surface area contributed by atoms with E-state index in [9.17, 15) is 23.7 Å². The van der Waals surface area contributed by atoms with Crippen LogP contribution in [0.25, 0.3) is 11.1 Å². The summed E-state index contributed by atoms with van der Waals surface area (Å²) in [4.78, 5) is 20.6. The lowest BCUT2D eigenvalue weighted by Crippen LogP contribution is -2.17. The molecule has 28 heavy (non-hydrogen) atoms. The normalized spacial score (nSPS) is 13.9. The van der Waals surface area contributed by atoms with Crippen molar-refractivity contribution in [3.8, 4) is 22.7 Å². The van der Waals surface area contributed by atoms with Crippen LogP contribution in [-0.2, 0) is 9.36 Å². The molecule has 0 aliphatic heterocycles. The fraction of sp³-hybridized carbons (Fsp3) is 0.286. The van der Waals surface area contributed by atoms with Gasteiger partial charge in [0.05, 0.1) is 18.7 Å². The minimum Gasteiger partial charge on any atom is -0.481 e. The maximum absolute atomic E-state index is 14.0. The molecule has 3 N–H and O–H groups in total. The Morgan fingerprint density at radius 3 is 2.36 bits per heavy atom. The van der Waals surface area contributed by atoms with Gasteiger partial charge in [-0.15, -0.1) is 0 Å². The van der Waals surface area contributed by atoms with E-state index in [4.69, 9.17) is 5.11 Å². The summed E-state index contributed by atoms with van der Waals surface area (Å²) in [5.74, 6) is 1.18. The molecule has 0 spiro atoms. The van der Waals surface area contributed by atoms with Crippen LogP contribution >= 0.6 is 7.37 Å². The number of halogens is 1. The molecular formula is C21H22FO5P. The third-order valence-electron chi connectivity index (χ3n) is 4.24. The fourth-order valence-electron chi connectivity index (χ4n) is 2.92. The first-order valence-corrected chi connectivity index (χ1v) is 10.5. The summed E-state index contributed by atoms with van der Waals surface area (Å²) < 4.78 is 26.2. The van der Waals surface area contributed by atoms with Gasteiger partial charge in [0.1, 0.15) is 5.82 Å². The first-order chi connectivity index (χ1) is 13.0. The van der Waals surface area contributed by atoms with Crippen molar-refractivity contribution in [2.75, 3.05) is 6.16 Å². The van der Waals surface area contributed by atoms with Gasteiger partial charge in [0.25, 0.3) is 7.37 Å². The molecule has 0 amide bonds. The Balaban J connectivity index is 2.45. The molecule has 7 heteroatoms.